The maximum absolute atomic E-state index is 12.7. The minimum absolute atomic E-state index is 0.0583. The SMILES string of the molecule is CCOc1ccccc1C(=O)N1CCN(C(CC)C(=O)O)CC1. The third-order valence-electron chi connectivity index (χ3n) is 4.13. The van der Waals surface area contributed by atoms with Crippen molar-refractivity contribution in [2.75, 3.05) is 32.8 Å². The zero-order chi connectivity index (χ0) is 16.8. The Bertz CT molecular complexity index is 553. The fraction of sp³-hybridized carbons (Fsp3) is 0.529. The van der Waals surface area contributed by atoms with E-state index in [0.29, 0.717) is 50.5 Å². The van der Waals surface area contributed by atoms with Gasteiger partial charge in [0.2, 0.25) is 0 Å². The van der Waals surface area contributed by atoms with Gasteiger partial charge in [0.25, 0.3) is 5.91 Å². The van der Waals surface area contributed by atoms with Gasteiger partial charge >= 0.3 is 5.97 Å². The molecular weight excluding hydrogens is 296 g/mol. The molecule has 1 N–H and O–H groups in total. The molecule has 1 aromatic rings. The Hall–Kier alpha value is -2.08. The summed E-state index contributed by atoms with van der Waals surface area (Å²) in [6.45, 7) is 6.48. The van der Waals surface area contributed by atoms with E-state index in [0.717, 1.165) is 0 Å². The van der Waals surface area contributed by atoms with Crippen molar-refractivity contribution < 1.29 is 19.4 Å². The van der Waals surface area contributed by atoms with Gasteiger partial charge in [0, 0.05) is 26.2 Å². The van der Waals surface area contributed by atoms with Crippen LogP contribution in [0, 0.1) is 0 Å². The van der Waals surface area contributed by atoms with Gasteiger partial charge in [0.05, 0.1) is 12.2 Å². The Labute approximate surface area is 136 Å². The predicted octanol–water partition coefficient (Wildman–Crippen LogP) is 1.71. The number of carboxylic acids is 1. The Morgan fingerprint density at radius 3 is 2.39 bits per heavy atom. The lowest BCUT2D eigenvalue weighted by atomic mass is 10.1. The molecule has 6 nitrogen and oxygen atoms in total. The van der Waals surface area contributed by atoms with Crippen molar-refractivity contribution in [2.45, 2.75) is 26.3 Å². The molecule has 0 radical (unpaired) electrons. The van der Waals surface area contributed by atoms with Crippen molar-refractivity contribution in [1.82, 2.24) is 9.80 Å². The molecular formula is C17H24N2O4. The van der Waals surface area contributed by atoms with Crippen molar-refractivity contribution in [2.24, 2.45) is 0 Å². The smallest absolute Gasteiger partial charge is 0.320 e. The molecule has 0 aliphatic carbocycles. The number of hydrogen-bond acceptors (Lipinski definition) is 4. The van der Waals surface area contributed by atoms with Crippen LogP contribution in [0.25, 0.3) is 0 Å². The van der Waals surface area contributed by atoms with Crippen LogP contribution < -0.4 is 4.74 Å². The van der Waals surface area contributed by atoms with E-state index in [2.05, 4.69) is 0 Å². The summed E-state index contributed by atoms with van der Waals surface area (Å²) >= 11 is 0. The molecule has 1 aliphatic rings. The minimum atomic E-state index is -0.797. The van der Waals surface area contributed by atoms with E-state index >= 15 is 0 Å². The number of amides is 1. The van der Waals surface area contributed by atoms with Gasteiger partial charge in [-0.15, -0.1) is 0 Å². The largest absolute Gasteiger partial charge is 0.493 e. The number of ether oxygens (including phenoxy) is 1. The van der Waals surface area contributed by atoms with Gasteiger partial charge in [-0.3, -0.25) is 14.5 Å². The maximum atomic E-state index is 12.7. The van der Waals surface area contributed by atoms with E-state index in [9.17, 15) is 14.7 Å². The van der Waals surface area contributed by atoms with Crippen LogP contribution in [0.5, 0.6) is 5.75 Å². The highest BCUT2D eigenvalue weighted by atomic mass is 16.5. The number of para-hydroxylation sites is 1. The molecule has 1 amide bonds. The third kappa shape index (κ3) is 4.01. The number of carboxylic acid groups (broad SMARTS) is 1. The Morgan fingerprint density at radius 2 is 1.83 bits per heavy atom. The summed E-state index contributed by atoms with van der Waals surface area (Å²) in [5.41, 5.74) is 0.563. The molecule has 0 bridgehead atoms. The van der Waals surface area contributed by atoms with Gasteiger partial charge in [-0.2, -0.15) is 0 Å². The number of piperazine rings is 1. The molecule has 1 unspecified atom stereocenters. The van der Waals surface area contributed by atoms with Gasteiger partial charge < -0.3 is 14.7 Å². The summed E-state index contributed by atoms with van der Waals surface area (Å²) in [6.07, 6.45) is 0.566. The zero-order valence-electron chi connectivity index (χ0n) is 13.7. The first-order valence-corrected chi connectivity index (χ1v) is 8.06. The number of aliphatic carboxylic acids is 1. The van der Waals surface area contributed by atoms with E-state index < -0.39 is 12.0 Å². The molecule has 1 aliphatic heterocycles. The monoisotopic (exact) mass is 320 g/mol. The summed E-state index contributed by atoms with van der Waals surface area (Å²) in [7, 11) is 0. The predicted molar refractivity (Wildman–Crippen MR) is 86.8 cm³/mol. The van der Waals surface area contributed by atoms with Crippen LogP contribution in [0.1, 0.15) is 30.6 Å². The normalized spacial score (nSPS) is 16.9. The Balaban J connectivity index is 2.03. The second kappa shape index (κ2) is 7.97. The highest BCUT2D eigenvalue weighted by Gasteiger charge is 2.30. The van der Waals surface area contributed by atoms with Gasteiger partial charge in [-0.05, 0) is 25.5 Å². The third-order valence-corrected chi connectivity index (χ3v) is 4.13. The summed E-state index contributed by atoms with van der Waals surface area (Å²) in [5, 5.41) is 9.24. The van der Waals surface area contributed by atoms with Crippen LogP contribution >= 0.6 is 0 Å². The fourth-order valence-corrected chi connectivity index (χ4v) is 2.92. The number of rotatable bonds is 6. The molecule has 1 heterocycles. The quantitative estimate of drug-likeness (QED) is 0.864. The first-order valence-electron chi connectivity index (χ1n) is 8.06. The van der Waals surface area contributed by atoms with Crippen molar-refractivity contribution in [3.05, 3.63) is 29.8 Å². The van der Waals surface area contributed by atoms with Crippen LogP contribution in [-0.4, -0.2) is 65.6 Å². The lowest BCUT2D eigenvalue weighted by molar-refractivity contribution is -0.144. The van der Waals surface area contributed by atoms with Gasteiger partial charge in [0.15, 0.2) is 0 Å². The molecule has 0 spiro atoms. The van der Waals surface area contributed by atoms with Crippen LogP contribution in [0.4, 0.5) is 0 Å². The van der Waals surface area contributed by atoms with Gasteiger partial charge in [-0.1, -0.05) is 19.1 Å². The standard InChI is InChI=1S/C17H24N2O4/c1-3-14(17(21)22)18-9-11-19(12-10-18)16(20)13-7-5-6-8-15(13)23-4-2/h5-8,14H,3-4,9-12H2,1-2H3,(H,21,22). The Kier molecular flexibility index (Phi) is 5.98. The average molecular weight is 320 g/mol. The van der Waals surface area contributed by atoms with Crippen LogP contribution in [0.3, 0.4) is 0 Å². The fourth-order valence-electron chi connectivity index (χ4n) is 2.92. The van der Waals surface area contributed by atoms with E-state index in [4.69, 9.17) is 4.74 Å². The zero-order valence-corrected chi connectivity index (χ0v) is 13.7. The maximum Gasteiger partial charge on any atom is 0.320 e. The van der Waals surface area contributed by atoms with Crippen LogP contribution in [-0.2, 0) is 4.79 Å². The number of carbonyl (C=O) groups is 2. The van der Waals surface area contributed by atoms with Gasteiger partial charge in [0.1, 0.15) is 11.8 Å². The van der Waals surface area contributed by atoms with Crippen LogP contribution in [0.15, 0.2) is 24.3 Å². The van der Waals surface area contributed by atoms with E-state index in [1.165, 1.54) is 0 Å². The van der Waals surface area contributed by atoms with Crippen molar-refractivity contribution in [1.29, 1.82) is 0 Å². The highest BCUT2D eigenvalue weighted by Crippen LogP contribution is 2.21. The van der Waals surface area contributed by atoms with E-state index in [-0.39, 0.29) is 5.91 Å². The molecule has 0 saturated carbocycles. The molecule has 1 aromatic carbocycles. The van der Waals surface area contributed by atoms with E-state index in [1.807, 2.05) is 30.9 Å². The summed E-state index contributed by atoms with van der Waals surface area (Å²) in [4.78, 5) is 27.6. The average Bonchev–Trinajstić information content (AvgIpc) is 2.56. The number of nitrogens with zero attached hydrogens (tertiary/aromatic N) is 2. The molecule has 2 rings (SSSR count). The minimum Gasteiger partial charge on any atom is -0.493 e. The molecule has 1 atom stereocenters. The molecule has 1 saturated heterocycles. The first-order chi connectivity index (χ1) is 11.1. The molecule has 126 valence electrons. The summed E-state index contributed by atoms with van der Waals surface area (Å²) in [5.74, 6) is -0.259. The molecule has 1 fully saturated rings. The second-order valence-corrected chi connectivity index (χ2v) is 5.52. The molecule has 6 heteroatoms. The lowest BCUT2D eigenvalue weighted by Gasteiger charge is -2.37. The van der Waals surface area contributed by atoms with Crippen molar-refractivity contribution >= 4 is 11.9 Å². The van der Waals surface area contributed by atoms with Crippen molar-refractivity contribution in [3.63, 3.8) is 0 Å². The Morgan fingerprint density at radius 1 is 1.17 bits per heavy atom. The number of hydrogen-bond donors (Lipinski definition) is 1. The highest BCUT2D eigenvalue weighted by molar-refractivity contribution is 5.97. The summed E-state index contributed by atoms with van der Waals surface area (Å²) in [6, 6.07) is 6.76. The van der Waals surface area contributed by atoms with E-state index in [1.54, 1.807) is 17.0 Å². The first kappa shape index (κ1) is 17.3. The molecule has 0 aromatic heterocycles. The summed E-state index contributed by atoms with van der Waals surface area (Å²) < 4.78 is 5.52. The van der Waals surface area contributed by atoms with Crippen molar-refractivity contribution in [3.8, 4) is 5.75 Å². The number of benzene rings is 1. The second-order valence-electron chi connectivity index (χ2n) is 5.52. The van der Waals surface area contributed by atoms with Crippen LogP contribution in [0.2, 0.25) is 0 Å². The molecule has 23 heavy (non-hydrogen) atoms. The number of carbonyl (C=O) groups excluding carboxylic acids is 1. The van der Waals surface area contributed by atoms with Gasteiger partial charge in [-0.25, -0.2) is 0 Å². The lowest BCUT2D eigenvalue weighted by Crippen LogP contribution is -2.53. The topological polar surface area (TPSA) is 70.1 Å².